The predicted molar refractivity (Wildman–Crippen MR) is 141 cm³/mol. The summed E-state index contributed by atoms with van der Waals surface area (Å²) < 4.78 is 0. The van der Waals surface area contributed by atoms with Crippen LogP contribution in [0, 0.1) is 6.92 Å². The minimum atomic E-state index is -0.0407. The maximum atomic E-state index is 11.8. The molecule has 172 valence electrons. The molecule has 0 saturated heterocycles. The van der Waals surface area contributed by atoms with Crippen molar-refractivity contribution in [2.24, 2.45) is 0 Å². The van der Waals surface area contributed by atoms with E-state index in [0.717, 1.165) is 50.0 Å². The van der Waals surface area contributed by atoms with Gasteiger partial charge in [0.2, 0.25) is 5.91 Å². The number of thiophene rings is 1. The summed E-state index contributed by atoms with van der Waals surface area (Å²) in [7, 11) is 0. The van der Waals surface area contributed by atoms with E-state index in [1.165, 1.54) is 9.75 Å². The first kappa shape index (κ1) is 21.2. The van der Waals surface area contributed by atoms with Gasteiger partial charge in [0.1, 0.15) is 11.3 Å². The van der Waals surface area contributed by atoms with Gasteiger partial charge in [0.25, 0.3) is 0 Å². The molecule has 1 aromatic carbocycles. The third-order valence-electron chi connectivity index (χ3n) is 6.03. The van der Waals surface area contributed by atoms with Crippen molar-refractivity contribution in [2.75, 3.05) is 5.32 Å². The molecular weight excluding hydrogens is 456 g/mol. The summed E-state index contributed by atoms with van der Waals surface area (Å²) >= 11 is 1.78. The zero-order valence-electron chi connectivity index (χ0n) is 19.2. The first-order chi connectivity index (χ1) is 17.1. The van der Waals surface area contributed by atoms with E-state index < -0.39 is 0 Å². The predicted octanol–water partition coefficient (Wildman–Crippen LogP) is 6.55. The Hall–Kier alpha value is -4.30. The number of amides is 1. The fraction of sp³-hybridized carbons (Fsp3) is 0.111. The van der Waals surface area contributed by atoms with Crippen LogP contribution in [0.25, 0.3) is 54.9 Å². The lowest BCUT2D eigenvalue weighted by Gasteiger charge is -2.06. The Kier molecular flexibility index (Phi) is 5.15. The average Bonchev–Trinajstić information content (AvgIpc) is 3.61. The van der Waals surface area contributed by atoms with Crippen LogP contribution in [-0.4, -0.2) is 31.1 Å². The largest absolute Gasteiger partial charge is 0.338 e. The monoisotopic (exact) mass is 478 g/mol. The minimum absolute atomic E-state index is 0.0407. The van der Waals surface area contributed by atoms with Crippen LogP contribution in [0.15, 0.2) is 67.1 Å². The number of nitrogens with one attached hydrogen (secondary N) is 3. The Balaban J connectivity index is 1.43. The van der Waals surface area contributed by atoms with E-state index in [1.807, 2.05) is 31.3 Å². The van der Waals surface area contributed by atoms with Gasteiger partial charge in [-0.3, -0.25) is 14.9 Å². The highest BCUT2D eigenvalue weighted by Crippen LogP contribution is 2.36. The van der Waals surface area contributed by atoms with Crippen molar-refractivity contribution in [1.29, 1.82) is 0 Å². The SMILES string of the molecule is CCC(=O)Nc1cncc(-c2ccc3[nH]nc(-c4cc5c(-c6ccc(C)s6)ccnc5[nH]4)c3c2)c1. The highest BCUT2D eigenvalue weighted by Gasteiger charge is 2.15. The Bertz CT molecular complexity index is 1710. The maximum absolute atomic E-state index is 11.8. The minimum Gasteiger partial charge on any atom is -0.338 e. The number of nitrogens with zero attached hydrogens (tertiary/aromatic N) is 3. The number of rotatable bonds is 5. The topological polar surface area (TPSA) is 99.3 Å². The van der Waals surface area contributed by atoms with Crippen molar-refractivity contribution >= 4 is 44.9 Å². The molecule has 7 nitrogen and oxygen atoms in total. The molecule has 0 fully saturated rings. The molecular formula is C27H22N6OS. The van der Waals surface area contributed by atoms with Crippen molar-refractivity contribution < 1.29 is 4.79 Å². The van der Waals surface area contributed by atoms with Gasteiger partial charge in [0.15, 0.2) is 0 Å². The summed E-state index contributed by atoms with van der Waals surface area (Å²) in [6, 6.07) is 16.5. The third kappa shape index (κ3) is 3.87. The quantitative estimate of drug-likeness (QED) is 0.261. The van der Waals surface area contributed by atoms with E-state index in [-0.39, 0.29) is 5.91 Å². The molecule has 0 aliphatic rings. The zero-order chi connectivity index (χ0) is 23.9. The lowest BCUT2D eigenvalue weighted by molar-refractivity contribution is -0.115. The number of benzene rings is 1. The van der Waals surface area contributed by atoms with Gasteiger partial charge in [-0.1, -0.05) is 13.0 Å². The molecule has 5 heterocycles. The number of aromatic nitrogens is 5. The van der Waals surface area contributed by atoms with Crippen molar-refractivity contribution in [3.8, 4) is 33.0 Å². The lowest BCUT2D eigenvalue weighted by Crippen LogP contribution is -2.09. The molecule has 0 radical (unpaired) electrons. The summed E-state index contributed by atoms with van der Waals surface area (Å²) in [6.07, 6.45) is 5.71. The number of carbonyl (C=O) groups excluding carboxylic acids is 1. The second-order valence-corrected chi connectivity index (χ2v) is 9.70. The Morgan fingerprint density at radius 3 is 2.77 bits per heavy atom. The van der Waals surface area contributed by atoms with E-state index in [2.05, 4.69) is 67.7 Å². The number of pyridine rings is 2. The lowest BCUT2D eigenvalue weighted by atomic mass is 10.0. The summed E-state index contributed by atoms with van der Waals surface area (Å²) in [5.41, 5.74) is 7.25. The first-order valence-electron chi connectivity index (χ1n) is 11.4. The van der Waals surface area contributed by atoms with Gasteiger partial charge >= 0.3 is 0 Å². The summed E-state index contributed by atoms with van der Waals surface area (Å²) in [5.74, 6) is -0.0407. The second kappa shape index (κ2) is 8.48. The van der Waals surface area contributed by atoms with Crippen molar-refractivity contribution in [3.63, 3.8) is 0 Å². The molecule has 35 heavy (non-hydrogen) atoms. The number of H-pyrrole nitrogens is 2. The molecule has 8 heteroatoms. The third-order valence-corrected chi connectivity index (χ3v) is 7.07. The molecule has 0 aliphatic heterocycles. The standard InChI is InChI=1S/C27H22N6OS/c1-3-25(34)30-18-10-17(13-28-14-18)16-5-6-22-21(11-16)26(33-32-22)23-12-20-19(8-9-29-27(20)31-23)24-7-4-15(2)35-24/h4-14H,3H2,1-2H3,(H,29,31)(H,30,34)(H,32,33). The van der Waals surface area contributed by atoms with Crippen LogP contribution in [0.1, 0.15) is 18.2 Å². The molecule has 0 aliphatic carbocycles. The van der Waals surface area contributed by atoms with E-state index in [4.69, 9.17) is 0 Å². The number of carbonyl (C=O) groups is 1. The van der Waals surface area contributed by atoms with Crippen LogP contribution >= 0.6 is 11.3 Å². The van der Waals surface area contributed by atoms with Crippen LogP contribution in [-0.2, 0) is 4.79 Å². The highest BCUT2D eigenvalue weighted by molar-refractivity contribution is 7.15. The van der Waals surface area contributed by atoms with Crippen LogP contribution in [0.2, 0.25) is 0 Å². The number of anilines is 1. The van der Waals surface area contributed by atoms with Gasteiger partial charge in [-0.05, 0) is 55.0 Å². The second-order valence-electron chi connectivity index (χ2n) is 8.41. The number of aromatic amines is 2. The van der Waals surface area contributed by atoms with Crippen LogP contribution in [0.5, 0.6) is 0 Å². The summed E-state index contributed by atoms with van der Waals surface area (Å²) in [6.45, 7) is 3.94. The first-order valence-corrected chi connectivity index (χ1v) is 12.2. The smallest absolute Gasteiger partial charge is 0.224 e. The van der Waals surface area contributed by atoms with Crippen LogP contribution in [0.3, 0.4) is 0 Å². The normalized spacial score (nSPS) is 11.4. The van der Waals surface area contributed by atoms with Gasteiger partial charge in [-0.2, -0.15) is 5.10 Å². The van der Waals surface area contributed by atoms with Gasteiger partial charge < -0.3 is 10.3 Å². The van der Waals surface area contributed by atoms with Gasteiger partial charge in [-0.25, -0.2) is 4.98 Å². The van der Waals surface area contributed by atoms with Crippen LogP contribution < -0.4 is 5.32 Å². The molecule has 0 saturated carbocycles. The fourth-order valence-electron chi connectivity index (χ4n) is 4.26. The maximum Gasteiger partial charge on any atom is 0.224 e. The number of hydrogen-bond acceptors (Lipinski definition) is 5. The molecule has 6 rings (SSSR count). The molecule has 6 aromatic rings. The fourth-order valence-corrected chi connectivity index (χ4v) is 5.17. The van der Waals surface area contributed by atoms with Gasteiger partial charge in [-0.15, -0.1) is 11.3 Å². The average molecular weight is 479 g/mol. The summed E-state index contributed by atoms with van der Waals surface area (Å²) in [5, 5.41) is 12.7. The molecule has 3 N–H and O–H groups in total. The molecule has 0 unspecified atom stereocenters. The van der Waals surface area contributed by atoms with Crippen LogP contribution in [0.4, 0.5) is 5.69 Å². The van der Waals surface area contributed by atoms with Crippen molar-refractivity contribution in [1.82, 2.24) is 25.1 Å². The molecule has 1 amide bonds. The Morgan fingerprint density at radius 1 is 1.03 bits per heavy atom. The van der Waals surface area contributed by atoms with Crippen molar-refractivity contribution in [2.45, 2.75) is 20.3 Å². The van der Waals surface area contributed by atoms with E-state index >= 15 is 0 Å². The number of fused-ring (bicyclic) bond motifs is 2. The molecule has 0 atom stereocenters. The molecule has 0 bridgehead atoms. The van der Waals surface area contributed by atoms with Gasteiger partial charge in [0.05, 0.1) is 23.1 Å². The van der Waals surface area contributed by atoms with E-state index in [9.17, 15) is 4.79 Å². The molecule has 0 spiro atoms. The summed E-state index contributed by atoms with van der Waals surface area (Å²) in [4.78, 5) is 26.6. The number of aryl methyl sites for hydroxylation is 1. The Labute approximate surface area is 205 Å². The van der Waals surface area contributed by atoms with E-state index in [1.54, 1.807) is 23.7 Å². The molecule has 5 aromatic heterocycles. The zero-order valence-corrected chi connectivity index (χ0v) is 20.0. The van der Waals surface area contributed by atoms with Crippen molar-refractivity contribution in [3.05, 3.63) is 72.0 Å². The highest BCUT2D eigenvalue weighted by atomic mass is 32.1. The Morgan fingerprint density at radius 2 is 1.94 bits per heavy atom. The number of hydrogen-bond donors (Lipinski definition) is 3. The van der Waals surface area contributed by atoms with E-state index in [0.29, 0.717) is 12.1 Å². The van der Waals surface area contributed by atoms with Gasteiger partial charge in [0, 0.05) is 50.5 Å².